The summed E-state index contributed by atoms with van der Waals surface area (Å²) in [6, 6.07) is 1.94. The number of aliphatic hydroxyl groups is 1. The van der Waals surface area contributed by atoms with Gasteiger partial charge >= 0.3 is 6.03 Å². The summed E-state index contributed by atoms with van der Waals surface area (Å²) in [7, 11) is 0. The topological polar surface area (TPSA) is 107 Å². The van der Waals surface area contributed by atoms with Crippen LogP contribution in [0.4, 0.5) is 4.79 Å². The molecule has 0 aliphatic carbocycles. The fraction of sp³-hybridized carbons (Fsp3) is 0.640. The molecule has 4 rings (SSSR count). The van der Waals surface area contributed by atoms with Gasteiger partial charge in [0.05, 0.1) is 6.04 Å². The largest absolute Gasteiger partial charge is 0.396 e. The van der Waals surface area contributed by atoms with E-state index in [0.29, 0.717) is 24.3 Å². The molecule has 9 heteroatoms. The molecule has 0 radical (unpaired) electrons. The summed E-state index contributed by atoms with van der Waals surface area (Å²) in [5.74, 6) is -0.920. The fourth-order valence-electron chi connectivity index (χ4n) is 5.80. The number of rotatable bonds is 7. The SMILES string of the molecule is C/C=C\c1ccc2n(c1=O)C[C@H]1[C@H](CO)[C@@H](C(=O)NCCN3CCCC3)N(C(=O)NC(C)C)[C@@H]21. The van der Waals surface area contributed by atoms with Crippen molar-refractivity contribution in [3.63, 3.8) is 0 Å². The first-order valence-electron chi connectivity index (χ1n) is 12.4. The molecule has 3 aliphatic rings. The monoisotopic (exact) mass is 471 g/mol. The Morgan fingerprint density at radius 3 is 2.62 bits per heavy atom. The van der Waals surface area contributed by atoms with Gasteiger partial charge in [0.15, 0.2) is 0 Å². The summed E-state index contributed by atoms with van der Waals surface area (Å²) in [6.07, 6.45) is 5.96. The second kappa shape index (κ2) is 10.3. The van der Waals surface area contributed by atoms with Crippen LogP contribution >= 0.6 is 0 Å². The number of amides is 3. The van der Waals surface area contributed by atoms with Crippen molar-refractivity contribution in [2.24, 2.45) is 11.8 Å². The lowest BCUT2D eigenvalue weighted by Gasteiger charge is -2.32. The van der Waals surface area contributed by atoms with Crippen LogP contribution < -0.4 is 16.2 Å². The minimum absolute atomic E-state index is 0.112. The summed E-state index contributed by atoms with van der Waals surface area (Å²) in [6.45, 7) is 9.12. The predicted octanol–water partition coefficient (Wildman–Crippen LogP) is 1.18. The van der Waals surface area contributed by atoms with Crippen LogP contribution in [0.15, 0.2) is 23.0 Å². The summed E-state index contributed by atoms with van der Waals surface area (Å²) in [5.41, 5.74) is 1.19. The molecule has 3 aliphatic heterocycles. The van der Waals surface area contributed by atoms with Crippen molar-refractivity contribution >= 4 is 18.0 Å². The number of nitrogens with zero attached hydrogens (tertiary/aromatic N) is 3. The number of carbonyl (C=O) groups is 2. The summed E-state index contributed by atoms with van der Waals surface area (Å²) in [4.78, 5) is 43.7. The Hall–Kier alpha value is -2.65. The van der Waals surface area contributed by atoms with Crippen molar-refractivity contribution in [1.29, 1.82) is 0 Å². The molecule has 2 saturated heterocycles. The lowest BCUT2D eigenvalue weighted by molar-refractivity contribution is -0.126. The smallest absolute Gasteiger partial charge is 0.318 e. The van der Waals surface area contributed by atoms with E-state index in [2.05, 4.69) is 15.5 Å². The van der Waals surface area contributed by atoms with E-state index in [-0.39, 0.29) is 36.1 Å². The van der Waals surface area contributed by atoms with Gasteiger partial charge in [0.1, 0.15) is 6.04 Å². The highest BCUT2D eigenvalue weighted by Crippen LogP contribution is 2.49. The number of hydrogen-bond donors (Lipinski definition) is 3. The average Bonchev–Trinajstić information content (AvgIpc) is 3.50. The van der Waals surface area contributed by atoms with E-state index in [1.165, 1.54) is 12.8 Å². The Kier molecular flexibility index (Phi) is 7.42. The van der Waals surface area contributed by atoms with Crippen molar-refractivity contribution in [3.8, 4) is 0 Å². The van der Waals surface area contributed by atoms with Crippen molar-refractivity contribution < 1.29 is 14.7 Å². The molecule has 0 unspecified atom stereocenters. The fourth-order valence-corrected chi connectivity index (χ4v) is 5.80. The van der Waals surface area contributed by atoms with Gasteiger partial charge in [-0.2, -0.15) is 0 Å². The number of allylic oxidation sites excluding steroid dienone is 1. The Morgan fingerprint density at radius 1 is 1.24 bits per heavy atom. The number of urea groups is 1. The van der Waals surface area contributed by atoms with Crippen LogP contribution in [-0.2, 0) is 11.3 Å². The third kappa shape index (κ3) is 4.51. The van der Waals surface area contributed by atoms with E-state index in [4.69, 9.17) is 0 Å². The number of fused-ring (bicyclic) bond motifs is 3. The third-order valence-electron chi connectivity index (χ3n) is 7.29. The number of carbonyl (C=O) groups excluding carboxylic acids is 2. The van der Waals surface area contributed by atoms with Crippen LogP contribution in [0.3, 0.4) is 0 Å². The van der Waals surface area contributed by atoms with E-state index in [1.54, 1.807) is 21.6 Å². The van der Waals surface area contributed by atoms with Gasteiger partial charge in [0, 0.05) is 55.4 Å². The highest BCUT2D eigenvalue weighted by Gasteiger charge is 2.57. The molecule has 4 heterocycles. The number of likely N-dealkylation sites (tertiary alicyclic amines) is 2. The second-order valence-electron chi connectivity index (χ2n) is 9.88. The highest BCUT2D eigenvalue weighted by molar-refractivity contribution is 5.88. The van der Waals surface area contributed by atoms with Crippen LogP contribution in [0.25, 0.3) is 6.08 Å². The van der Waals surface area contributed by atoms with Gasteiger partial charge in [-0.25, -0.2) is 4.79 Å². The number of aromatic nitrogens is 1. The van der Waals surface area contributed by atoms with Gasteiger partial charge in [0.2, 0.25) is 5.91 Å². The van der Waals surface area contributed by atoms with Gasteiger partial charge in [-0.05, 0) is 58.8 Å². The number of nitrogens with one attached hydrogen (secondary N) is 2. The van der Waals surface area contributed by atoms with Gasteiger partial charge in [0.25, 0.3) is 5.56 Å². The zero-order valence-electron chi connectivity index (χ0n) is 20.4. The van der Waals surface area contributed by atoms with Crippen molar-refractivity contribution in [2.75, 3.05) is 32.8 Å². The Bertz CT molecular complexity index is 998. The predicted molar refractivity (Wildman–Crippen MR) is 130 cm³/mol. The van der Waals surface area contributed by atoms with Crippen LogP contribution in [0, 0.1) is 11.8 Å². The van der Waals surface area contributed by atoms with Crippen LogP contribution in [0.5, 0.6) is 0 Å². The van der Waals surface area contributed by atoms with E-state index in [1.807, 2.05) is 32.9 Å². The number of pyridine rings is 1. The van der Waals surface area contributed by atoms with Gasteiger partial charge in [-0.15, -0.1) is 0 Å². The normalized spacial score (nSPS) is 26.3. The maximum absolute atomic E-state index is 13.4. The molecule has 9 nitrogen and oxygen atoms in total. The van der Waals surface area contributed by atoms with Crippen molar-refractivity contribution in [3.05, 3.63) is 39.8 Å². The lowest BCUT2D eigenvalue weighted by Crippen LogP contribution is -2.54. The molecule has 0 spiro atoms. The van der Waals surface area contributed by atoms with E-state index in [0.717, 1.165) is 19.6 Å². The van der Waals surface area contributed by atoms with E-state index < -0.39 is 18.0 Å². The zero-order chi connectivity index (χ0) is 24.4. The molecular formula is C25H37N5O4. The van der Waals surface area contributed by atoms with Crippen LogP contribution in [0.2, 0.25) is 0 Å². The van der Waals surface area contributed by atoms with Crippen molar-refractivity contribution in [2.45, 2.75) is 58.3 Å². The molecule has 34 heavy (non-hydrogen) atoms. The quantitative estimate of drug-likeness (QED) is 0.554. The summed E-state index contributed by atoms with van der Waals surface area (Å²) in [5, 5.41) is 16.3. The minimum Gasteiger partial charge on any atom is -0.396 e. The maximum atomic E-state index is 13.4. The maximum Gasteiger partial charge on any atom is 0.318 e. The van der Waals surface area contributed by atoms with Gasteiger partial charge in [-0.3, -0.25) is 9.59 Å². The van der Waals surface area contributed by atoms with E-state index >= 15 is 0 Å². The second-order valence-corrected chi connectivity index (χ2v) is 9.88. The molecule has 1 aromatic heterocycles. The van der Waals surface area contributed by atoms with Crippen LogP contribution in [0.1, 0.15) is 50.9 Å². The summed E-state index contributed by atoms with van der Waals surface area (Å²) < 4.78 is 1.70. The molecule has 3 amide bonds. The molecular weight excluding hydrogens is 434 g/mol. The van der Waals surface area contributed by atoms with Gasteiger partial charge in [-0.1, -0.05) is 12.2 Å². The highest BCUT2D eigenvalue weighted by atomic mass is 16.3. The van der Waals surface area contributed by atoms with Crippen molar-refractivity contribution in [1.82, 2.24) is 25.0 Å². The average molecular weight is 472 g/mol. The Labute approximate surface area is 200 Å². The van der Waals surface area contributed by atoms with Crippen LogP contribution in [-0.4, -0.2) is 76.3 Å². The Balaban J connectivity index is 1.64. The molecule has 0 aromatic carbocycles. The third-order valence-corrected chi connectivity index (χ3v) is 7.29. The molecule has 0 bridgehead atoms. The number of aliphatic hydroxyl groups excluding tert-OH is 1. The zero-order valence-corrected chi connectivity index (χ0v) is 20.4. The molecule has 1 aromatic rings. The van der Waals surface area contributed by atoms with Gasteiger partial charge < -0.3 is 30.1 Å². The minimum atomic E-state index is -0.795. The first-order valence-corrected chi connectivity index (χ1v) is 12.4. The molecule has 186 valence electrons. The molecule has 2 fully saturated rings. The molecule has 4 atom stereocenters. The summed E-state index contributed by atoms with van der Waals surface area (Å²) >= 11 is 0. The first-order chi connectivity index (χ1) is 16.4. The lowest BCUT2D eigenvalue weighted by atomic mass is 9.88. The Morgan fingerprint density at radius 2 is 1.97 bits per heavy atom. The number of hydrogen-bond acceptors (Lipinski definition) is 5. The first kappa shape index (κ1) is 24.5. The molecule has 0 saturated carbocycles. The molecule has 3 N–H and O–H groups in total. The standard InChI is InChI=1S/C25H37N5O4/c1-4-7-17-8-9-20-21-18(14-29(20)24(17)33)19(15-31)22(30(21)25(34)27-16(2)3)23(32)26-10-13-28-11-5-6-12-28/h4,7-9,16,18-19,21-22,31H,5-6,10-15H2,1-3H3,(H,26,32)(H,27,34)/b7-4-/t18-,19-,21+,22-/m0/s1. The van der Waals surface area contributed by atoms with E-state index in [9.17, 15) is 19.5 Å².